The molecular weight excluding hydrogens is 229 g/mol. The van der Waals surface area contributed by atoms with Crippen LogP contribution < -0.4 is 10.1 Å². The molecule has 0 aromatic heterocycles. The zero-order valence-corrected chi connectivity index (χ0v) is 12.2. The smallest absolute Gasteiger partial charge is 0.131 e. The van der Waals surface area contributed by atoms with Gasteiger partial charge in [-0.2, -0.15) is 0 Å². The van der Waals surface area contributed by atoms with E-state index in [0.717, 1.165) is 0 Å². The maximum absolute atomic E-state index is 13.9. The second-order valence-electron chi connectivity index (χ2n) is 5.83. The van der Waals surface area contributed by atoms with Gasteiger partial charge in [0, 0.05) is 17.6 Å². The van der Waals surface area contributed by atoms with Crippen molar-refractivity contribution in [3.05, 3.63) is 29.6 Å². The Morgan fingerprint density at radius 2 is 1.83 bits per heavy atom. The van der Waals surface area contributed by atoms with Crippen LogP contribution in [0.5, 0.6) is 5.75 Å². The van der Waals surface area contributed by atoms with Crippen molar-refractivity contribution in [2.75, 3.05) is 7.11 Å². The molecule has 0 amide bonds. The molecule has 1 aromatic rings. The van der Waals surface area contributed by atoms with Gasteiger partial charge in [-0.05, 0) is 31.4 Å². The van der Waals surface area contributed by atoms with Gasteiger partial charge in [0.25, 0.3) is 0 Å². The van der Waals surface area contributed by atoms with Gasteiger partial charge >= 0.3 is 0 Å². The van der Waals surface area contributed by atoms with E-state index in [-0.39, 0.29) is 23.3 Å². The number of rotatable bonds is 4. The Morgan fingerprint density at radius 3 is 2.33 bits per heavy atom. The summed E-state index contributed by atoms with van der Waals surface area (Å²) < 4.78 is 19.1. The summed E-state index contributed by atoms with van der Waals surface area (Å²) in [5.41, 5.74) is 0.725. The highest BCUT2D eigenvalue weighted by atomic mass is 19.1. The number of halogens is 1. The van der Waals surface area contributed by atoms with E-state index < -0.39 is 0 Å². The van der Waals surface area contributed by atoms with E-state index in [0.29, 0.717) is 11.3 Å². The van der Waals surface area contributed by atoms with Crippen LogP contribution in [-0.4, -0.2) is 13.2 Å². The highest BCUT2D eigenvalue weighted by Gasteiger charge is 2.24. The largest absolute Gasteiger partial charge is 0.496 e. The Kier molecular flexibility index (Phi) is 4.74. The SMILES string of the molecule is COc1cccc(F)c1C(C)NC(C)C(C)(C)C. The van der Waals surface area contributed by atoms with Gasteiger partial charge in [-0.1, -0.05) is 26.8 Å². The predicted octanol–water partition coefficient (Wildman–Crippen LogP) is 3.92. The van der Waals surface area contributed by atoms with Gasteiger partial charge in [0.05, 0.1) is 7.11 Å². The van der Waals surface area contributed by atoms with Gasteiger partial charge in [0.1, 0.15) is 11.6 Å². The van der Waals surface area contributed by atoms with Crippen molar-refractivity contribution in [1.82, 2.24) is 5.32 Å². The van der Waals surface area contributed by atoms with Gasteiger partial charge < -0.3 is 10.1 Å². The highest BCUT2D eigenvalue weighted by molar-refractivity contribution is 5.37. The molecule has 0 heterocycles. The first-order chi connectivity index (χ1) is 8.27. The Bertz CT molecular complexity index is 398. The topological polar surface area (TPSA) is 21.3 Å². The second-order valence-corrected chi connectivity index (χ2v) is 5.83. The summed E-state index contributed by atoms with van der Waals surface area (Å²) in [6, 6.07) is 5.11. The summed E-state index contributed by atoms with van der Waals surface area (Å²) in [6.07, 6.45) is 0. The summed E-state index contributed by atoms with van der Waals surface area (Å²) in [7, 11) is 1.57. The summed E-state index contributed by atoms with van der Waals surface area (Å²) in [5.74, 6) is 0.367. The lowest BCUT2D eigenvalue weighted by Gasteiger charge is -2.31. The first-order valence-electron chi connectivity index (χ1n) is 6.35. The predicted molar refractivity (Wildman–Crippen MR) is 73.4 cm³/mol. The average molecular weight is 253 g/mol. The van der Waals surface area contributed by atoms with Gasteiger partial charge in [0.15, 0.2) is 0 Å². The van der Waals surface area contributed by atoms with Crippen molar-refractivity contribution in [2.24, 2.45) is 5.41 Å². The summed E-state index contributed by atoms with van der Waals surface area (Å²) in [5, 5.41) is 3.43. The zero-order chi connectivity index (χ0) is 13.9. The average Bonchev–Trinajstić information content (AvgIpc) is 2.26. The molecule has 2 atom stereocenters. The van der Waals surface area contributed by atoms with E-state index in [9.17, 15) is 4.39 Å². The van der Waals surface area contributed by atoms with E-state index in [1.807, 2.05) is 6.92 Å². The van der Waals surface area contributed by atoms with E-state index in [1.54, 1.807) is 19.2 Å². The second kappa shape index (κ2) is 5.70. The molecule has 0 radical (unpaired) electrons. The molecule has 1 rings (SSSR count). The van der Waals surface area contributed by atoms with Gasteiger partial charge in [0.2, 0.25) is 0 Å². The van der Waals surface area contributed by atoms with Crippen LogP contribution in [0.25, 0.3) is 0 Å². The Labute approximate surface area is 110 Å². The lowest BCUT2D eigenvalue weighted by atomic mass is 9.87. The number of benzene rings is 1. The van der Waals surface area contributed by atoms with Crippen LogP contribution in [0.2, 0.25) is 0 Å². The quantitative estimate of drug-likeness (QED) is 0.878. The van der Waals surface area contributed by atoms with Gasteiger partial charge in [-0.15, -0.1) is 0 Å². The fourth-order valence-electron chi connectivity index (χ4n) is 1.82. The van der Waals surface area contributed by atoms with Crippen LogP contribution in [0.1, 0.15) is 46.2 Å². The van der Waals surface area contributed by atoms with Crippen molar-refractivity contribution in [3.8, 4) is 5.75 Å². The van der Waals surface area contributed by atoms with Crippen molar-refractivity contribution < 1.29 is 9.13 Å². The maximum atomic E-state index is 13.9. The molecule has 0 spiro atoms. The van der Waals surface area contributed by atoms with E-state index in [4.69, 9.17) is 4.74 Å². The van der Waals surface area contributed by atoms with Gasteiger partial charge in [-0.25, -0.2) is 4.39 Å². The number of methoxy groups -OCH3 is 1. The molecule has 0 saturated heterocycles. The normalized spacial score (nSPS) is 15.3. The van der Waals surface area contributed by atoms with E-state index >= 15 is 0 Å². The molecule has 0 saturated carbocycles. The van der Waals surface area contributed by atoms with Crippen LogP contribution in [0.4, 0.5) is 4.39 Å². The first-order valence-corrected chi connectivity index (χ1v) is 6.35. The van der Waals surface area contributed by atoms with Crippen LogP contribution in [0.15, 0.2) is 18.2 Å². The number of ether oxygens (including phenoxy) is 1. The minimum absolute atomic E-state index is 0.0876. The molecule has 102 valence electrons. The lowest BCUT2D eigenvalue weighted by molar-refractivity contribution is 0.264. The minimum Gasteiger partial charge on any atom is -0.496 e. The Morgan fingerprint density at radius 1 is 1.22 bits per heavy atom. The number of hydrogen-bond donors (Lipinski definition) is 1. The molecule has 2 nitrogen and oxygen atoms in total. The molecule has 3 heteroatoms. The highest BCUT2D eigenvalue weighted by Crippen LogP contribution is 2.29. The fraction of sp³-hybridized carbons (Fsp3) is 0.600. The molecule has 0 bridgehead atoms. The lowest BCUT2D eigenvalue weighted by Crippen LogP contribution is -2.39. The van der Waals surface area contributed by atoms with E-state index in [2.05, 4.69) is 33.0 Å². The third-order valence-corrected chi connectivity index (χ3v) is 3.46. The standard InChI is InChI=1S/C15H24FNO/c1-10(17-11(2)15(3,4)5)14-12(16)8-7-9-13(14)18-6/h7-11,17H,1-6H3. The molecule has 2 unspecified atom stereocenters. The van der Waals surface area contributed by atoms with Crippen LogP contribution >= 0.6 is 0 Å². The molecule has 1 N–H and O–H groups in total. The van der Waals surface area contributed by atoms with Crippen molar-refractivity contribution in [2.45, 2.75) is 46.7 Å². The summed E-state index contributed by atoms with van der Waals surface area (Å²) in [4.78, 5) is 0. The minimum atomic E-state index is -0.226. The molecular formula is C15H24FNO. The number of nitrogens with one attached hydrogen (secondary N) is 1. The van der Waals surface area contributed by atoms with Crippen molar-refractivity contribution in [1.29, 1.82) is 0 Å². The molecule has 0 aliphatic heterocycles. The van der Waals surface area contributed by atoms with Crippen LogP contribution in [0.3, 0.4) is 0 Å². The monoisotopic (exact) mass is 253 g/mol. The fourth-order valence-corrected chi connectivity index (χ4v) is 1.82. The Balaban J connectivity index is 2.94. The maximum Gasteiger partial charge on any atom is 0.131 e. The molecule has 1 aromatic carbocycles. The zero-order valence-electron chi connectivity index (χ0n) is 12.2. The summed E-state index contributed by atoms with van der Waals surface area (Å²) in [6.45, 7) is 10.6. The molecule has 18 heavy (non-hydrogen) atoms. The molecule has 0 fully saturated rings. The Hall–Kier alpha value is -1.09. The third-order valence-electron chi connectivity index (χ3n) is 3.46. The van der Waals surface area contributed by atoms with Crippen molar-refractivity contribution >= 4 is 0 Å². The summed E-state index contributed by atoms with van der Waals surface area (Å²) >= 11 is 0. The van der Waals surface area contributed by atoms with Gasteiger partial charge in [-0.3, -0.25) is 0 Å². The van der Waals surface area contributed by atoms with Crippen LogP contribution in [0, 0.1) is 11.2 Å². The van der Waals surface area contributed by atoms with Crippen LogP contribution in [-0.2, 0) is 0 Å². The molecule has 0 aliphatic rings. The molecule has 0 aliphatic carbocycles. The van der Waals surface area contributed by atoms with E-state index in [1.165, 1.54) is 6.07 Å². The first kappa shape index (κ1) is 15.0. The van der Waals surface area contributed by atoms with Crippen molar-refractivity contribution in [3.63, 3.8) is 0 Å². The number of hydrogen-bond acceptors (Lipinski definition) is 2. The third kappa shape index (κ3) is 3.45.